The molecule has 0 amide bonds. The highest BCUT2D eigenvalue weighted by atomic mass is 16.5. The van der Waals surface area contributed by atoms with Crippen LogP contribution in [0.15, 0.2) is 18.5 Å². The lowest BCUT2D eigenvalue weighted by Crippen LogP contribution is -2.24. The van der Waals surface area contributed by atoms with Crippen molar-refractivity contribution in [1.82, 2.24) is 10.3 Å². The van der Waals surface area contributed by atoms with E-state index in [1.165, 1.54) is 11.1 Å². The van der Waals surface area contributed by atoms with Gasteiger partial charge >= 0.3 is 0 Å². The van der Waals surface area contributed by atoms with Crippen molar-refractivity contribution in [2.24, 2.45) is 0 Å². The van der Waals surface area contributed by atoms with E-state index in [9.17, 15) is 0 Å². The first-order chi connectivity index (χ1) is 7.69. The minimum atomic E-state index is 0.250. The summed E-state index contributed by atoms with van der Waals surface area (Å²) in [5.41, 5.74) is 2.58. The number of nitrogens with zero attached hydrogens (tertiary/aromatic N) is 1. The van der Waals surface area contributed by atoms with E-state index < -0.39 is 0 Å². The predicted octanol–water partition coefficient (Wildman–Crippen LogP) is 2.33. The van der Waals surface area contributed by atoms with Crippen molar-refractivity contribution in [1.29, 1.82) is 0 Å². The number of ether oxygens (including phenoxy) is 1. The molecule has 0 fully saturated rings. The highest BCUT2D eigenvalue weighted by molar-refractivity contribution is 5.26. The minimum Gasteiger partial charge on any atom is -0.377 e. The maximum Gasteiger partial charge on any atom is 0.0664 e. The van der Waals surface area contributed by atoms with E-state index in [4.69, 9.17) is 4.74 Å². The van der Waals surface area contributed by atoms with Crippen LogP contribution in [0.3, 0.4) is 0 Å². The Morgan fingerprint density at radius 3 is 2.75 bits per heavy atom. The fourth-order valence-electron chi connectivity index (χ4n) is 1.69. The van der Waals surface area contributed by atoms with Crippen LogP contribution in [0.4, 0.5) is 0 Å². The Bertz CT molecular complexity index is 313. The number of aromatic nitrogens is 1. The molecule has 0 bridgehead atoms. The quantitative estimate of drug-likeness (QED) is 0.802. The van der Waals surface area contributed by atoms with E-state index >= 15 is 0 Å². The molecular weight excluding hydrogens is 200 g/mol. The molecule has 1 aromatic rings. The van der Waals surface area contributed by atoms with Gasteiger partial charge in [-0.1, -0.05) is 6.92 Å². The summed E-state index contributed by atoms with van der Waals surface area (Å²) in [6.07, 6.45) is 5.05. The van der Waals surface area contributed by atoms with Gasteiger partial charge in [0.05, 0.1) is 18.8 Å². The summed E-state index contributed by atoms with van der Waals surface area (Å²) in [7, 11) is 1.97. The van der Waals surface area contributed by atoms with Crippen LogP contribution in [0.5, 0.6) is 0 Å². The number of nitrogens with one attached hydrogen (secondary N) is 1. The van der Waals surface area contributed by atoms with E-state index in [-0.39, 0.29) is 12.1 Å². The number of aryl methyl sites for hydroxylation is 1. The van der Waals surface area contributed by atoms with Crippen molar-refractivity contribution in [3.05, 3.63) is 29.6 Å². The maximum atomic E-state index is 5.67. The molecule has 0 aliphatic carbocycles. The predicted molar refractivity (Wildman–Crippen MR) is 66.5 cm³/mol. The van der Waals surface area contributed by atoms with Crippen molar-refractivity contribution in [3.63, 3.8) is 0 Å². The zero-order valence-electron chi connectivity index (χ0n) is 10.7. The van der Waals surface area contributed by atoms with Crippen LogP contribution in [0.2, 0.25) is 0 Å². The molecule has 0 radical (unpaired) electrons. The first-order valence-electron chi connectivity index (χ1n) is 5.90. The van der Waals surface area contributed by atoms with E-state index in [0.29, 0.717) is 6.61 Å². The summed E-state index contributed by atoms with van der Waals surface area (Å²) in [6.45, 7) is 6.96. The average molecular weight is 222 g/mol. The third-order valence-corrected chi connectivity index (χ3v) is 2.64. The van der Waals surface area contributed by atoms with Crippen molar-refractivity contribution in [3.8, 4) is 0 Å². The Morgan fingerprint density at radius 1 is 1.44 bits per heavy atom. The van der Waals surface area contributed by atoms with Gasteiger partial charge in [-0.15, -0.1) is 0 Å². The Balaban J connectivity index is 2.77. The SMILES string of the molecule is CCc1cnccc1C(COC(C)C)NC. The van der Waals surface area contributed by atoms with E-state index in [2.05, 4.69) is 37.1 Å². The van der Waals surface area contributed by atoms with Crippen molar-refractivity contribution < 1.29 is 4.74 Å². The smallest absolute Gasteiger partial charge is 0.0664 e. The van der Waals surface area contributed by atoms with Gasteiger partial charge in [-0.05, 0) is 44.5 Å². The van der Waals surface area contributed by atoms with Crippen LogP contribution < -0.4 is 5.32 Å². The molecule has 0 aliphatic rings. The molecule has 1 rings (SSSR count). The molecule has 3 nitrogen and oxygen atoms in total. The molecule has 1 N–H and O–H groups in total. The molecule has 1 heterocycles. The van der Waals surface area contributed by atoms with Crippen LogP contribution in [0.1, 0.15) is 37.9 Å². The normalized spacial score (nSPS) is 13.1. The molecule has 16 heavy (non-hydrogen) atoms. The zero-order valence-corrected chi connectivity index (χ0v) is 10.7. The van der Waals surface area contributed by atoms with Crippen LogP contribution in [0.25, 0.3) is 0 Å². The lowest BCUT2D eigenvalue weighted by Gasteiger charge is -2.20. The molecule has 0 aromatic carbocycles. The lowest BCUT2D eigenvalue weighted by atomic mass is 10.0. The summed E-state index contributed by atoms with van der Waals surface area (Å²) in [5, 5.41) is 3.30. The molecule has 1 unspecified atom stereocenters. The summed E-state index contributed by atoms with van der Waals surface area (Å²) < 4.78 is 5.67. The van der Waals surface area contributed by atoms with Crippen LogP contribution in [-0.2, 0) is 11.2 Å². The van der Waals surface area contributed by atoms with Gasteiger partial charge in [0.1, 0.15) is 0 Å². The molecule has 3 heteroatoms. The molecular formula is C13H22N2O. The van der Waals surface area contributed by atoms with Crippen molar-refractivity contribution in [2.75, 3.05) is 13.7 Å². The van der Waals surface area contributed by atoms with Crippen molar-refractivity contribution in [2.45, 2.75) is 39.3 Å². The van der Waals surface area contributed by atoms with E-state index in [0.717, 1.165) is 6.42 Å². The molecule has 1 atom stereocenters. The van der Waals surface area contributed by atoms with E-state index in [1.54, 1.807) is 0 Å². The second-order valence-electron chi connectivity index (χ2n) is 4.15. The maximum absolute atomic E-state index is 5.67. The summed E-state index contributed by atoms with van der Waals surface area (Å²) >= 11 is 0. The van der Waals surface area contributed by atoms with Gasteiger partial charge in [0.2, 0.25) is 0 Å². The fraction of sp³-hybridized carbons (Fsp3) is 0.615. The lowest BCUT2D eigenvalue weighted by molar-refractivity contribution is 0.0624. The van der Waals surface area contributed by atoms with Crippen molar-refractivity contribution >= 4 is 0 Å². The minimum absolute atomic E-state index is 0.250. The first-order valence-corrected chi connectivity index (χ1v) is 5.90. The third kappa shape index (κ3) is 3.58. The van der Waals surface area contributed by atoms with Gasteiger partial charge in [0, 0.05) is 12.4 Å². The molecule has 0 saturated heterocycles. The Labute approximate surface area is 98.2 Å². The van der Waals surface area contributed by atoms with Gasteiger partial charge in [-0.3, -0.25) is 4.98 Å². The van der Waals surface area contributed by atoms with Gasteiger partial charge in [-0.25, -0.2) is 0 Å². The molecule has 0 saturated carbocycles. The Hall–Kier alpha value is -0.930. The highest BCUT2D eigenvalue weighted by Gasteiger charge is 2.13. The standard InChI is InChI=1S/C13H22N2O/c1-5-11-8-15-7-6-12(11)13(14-4)9-16-10(2)3/h6-8,10,13-14H,5,9H2,1-4H3. The van der Waals surface area contributed by atoms with Gasteiger partial charge in [-0.2, -0.15) is 0 Å². The van der Waals surface area contributed by atoms with Gasteiger partial charge < -0.3 is 10.1 Å². The topological polar surface area (TPSA) is 34.1 Å². The monoisotopic (exact) mass is 222 g/mol. The second-order valence-corrected chi connectivity index (χ2v) is 4.15. The van der Waals surface area contributed by atoms with Crippen LogP contribution in [-0.4, -0.2) is 24.7 Å². The first kappa shape index (κ1) is 13.1. The summed E-state index contributed by atoms with van der Waals surface area (Å²) in [5.74, 6) is 0. The van der Waals surface area contributed by atoms with Crippen LogP contribution >= 0.6 is 0 Å². The Morgan fingerprint density at radius 2 is 2.19 bits per heavy atom. The molecule has 0 aliphatic heterocycles. The fourth-order valence-corrected chi connectivity index (χ4v) is 1.69. The van der Waals surface area contributed by atoms with Gasteiger partial charge in [0.25, 0.3) is 0 Å². The van der Waals surface area contributed by atoms with Crippen LogP contribution in [0, 0.1) is 0 Å². The number of likely N-dealkylation sites (N-methyl/N-ethyl adjacent to an activating group) is 1. The molecule has 90 valence electrons. The average Bonchev–Trinajstić information content (AvgIpc) is 2.30. The molecule has 0 spiro atoms. The number of hydrogen-bond acceptors (Lipinski definition) is 3. The second kappa shape index (κ2) is 6.61. The third-order valence-electron chi connectivity index (χ3n) is 2.64. The van der Waals surface area contributed by atoms with E-state index in [1.807, 2.05) is 19.4 Å². The number of pyridine rings is 1. The summed E-state index contributed by atoms with van der Waals surface area (Å²) in [4.78, 5) is 4.16. The number of rotatable bonds is 6. The van der Waals surface area contributed by atoms with Gasteiger partial charge in [0.15, 0.2) is 0 Å². The Kier molecular flexibility index (Phi) is 5.43. The number of hydrogen-bond donors (Lipinski definition) is 1. The largest absolute Gasteiger partial charge is 0.377 e. The summed E-state index contributed by atoms with van der Waals surface area (Å²) in [6, 6.07) is 2.32. The highest BCUT2D eigenvalue weighted by Crippen LogP contribution is 2.18. The zero-order chi connectivity index (χ0) is 12.0. The molecule has 1 aromatic heterocycles.